The lowest BCUT2D eigenvalue weighted by Crippen LogP contribution is -2.36. The maximum absolute atomic E-state index is 13.5. The highest BCUT2D eigenvalue weighted by Crippen LogP contribution is 2.43. The number of methoxy groups -OCH3 is 3. The van der Waals surface area contributed by atoms with Crippen molar-refractivity contribution in [1.82, 2.24) is 15.0 Å². The van der Waals surface area contributed by atoms with E-state index in [1.807, 2.05) is 41.5 Å². The Labute approximate surface area is 499 Å². The molecule has 0 aliphatic carbocycles. The molecule has 3 aliphatic rings. The number of esters is 3. The summed E-state index contributed by atoms with van der Waals surface area (Å²) in [5, 5.41) is 6.11. The molecule has 2 N–H and O–H groups in total. The molecule has 0 atom stereocenters. The second-order valence-electron chi connectivity index (χ2n) is 21.2. The van der Waals surface area contributed by atoms with E-state index in [9.17, 15) is 57.6 Å². The largest absolute Gasteiger partial charge is 0.465 e. The van der Waals surface area contributed by atoms with E-state index < -0.39 is 54.0 Å². The van der Waals surface area contributed by atoms with Crippen molar-refractivity contribution in [2.24, 2.45) is 0 Å². The van der Waals surface area contributed by atoms with Gasteiger partial charge in [0.1, 0.15) is 34.9 Å². The number of rotatable bonds is 12. The van der Waals surface area contributed by atoms with Crippen LogP contribution in [0, 0.1) is 17.5 Å². The third-order valence-electron chi connectivity index (χ3n) is 13.6. The summed E-state index contributed by atoms with van der Waals surface area (Å²) < 4.78 is 125. The van der Waals surface area contributed by atoms with Crippen molar-refractivity contribution >= 4 is 71.5 Å². The van der Waals surface area contributed by atoms with Gasteiger partial charge in [-0.3, -0.25) is 9.10 Å². The SMILES string of the molecule is COC(=O)c1c(C(C)C)nc2c(c1-c1ccc(F)cc1)CCC(=O)N2.COC(=O)c1c(C(C)C)nc2c(c1-c1ccc(F)cc1)CCCN2.COC(=O)c1c(C(C)C)nc2c(c1-c1ccc(F)cc1)CCCN2S(C)(=O)=O.CS(=O)(=O)OS(C)(=O)=O. The first kappa shape index (κ1) is 67.3. The molecular weight excluding hydrogens is 1180 g/mol. The van der Waals surface area contributed by atoms with Crippen LogP contribution in [0.25, 0.3) is 33.4 Å². The van der Waals surface area contributed by atoms with Gasteiger partial charge in [0, 0.05) is 52.9 Å². The Morgan fingerprint density at radius 3 is 1.23 bits per heavy atom. The van der Waals surface area contributed by atoms with E-state index in [0.29, 0.717) is 118 Å². The molecule has 6 aromatic rings. The van der Waals surface area contributed by atoms with Crippen molar-refractivity contribution in [3.05, 3.63) is 141 Å². The maximum atomic E-state index is 13.5. The number of benzene rings is 3. The number of nitrogens with one attached hydrogen (secondary N) is 2. The lowest BCUT2D eigenvalue weighted by atomic mass is 9.87. The first-order valence-electron chi connectivity index (χ1n) is 27.2. The van der Waals surface area contributed by atoms with Gasteiger partial charge in [-0.15, -0.1) is 3.63 Å². The molecule has 26 heteroatoms. The normalized spacial score (nSPS) is 13.7. The number of halogens is 3. The number of ether oxygens (including phenoxy) is 3. The second kappa shape index (κ2) is 28.1. The minimum Gasteiger partial charge on any atom is -0.465 e. The van der Waals surface area contributed by atoms with Gasteiger partial charge < -0.3 is 24.8 Å². The predicted octanol–water partition coefficient (Wildman–Crippen LogP) is 10.3. The van der Waals surface area contributed by atoms with Crippen LogP contribution in [0.4, 0.5) is 30.6 Å². The Hall–Kier alpha value is -7.81. The number of pyridine rings is 3. The minimum atomic E-state index is -3.87. The third kappa shape index (κ3) is 16.4. The molecular formula is C60H69F3N6O14S3. The standard InChI is InChI=1S/C20H23FN2O4S.C19H19FN2O3.C19H21FN2O2.C2H6O5S2/c1-12(2)18-17(20(24)27-3)16(13-7-9-14(21)10-8-13)15-6-5-11-23(19(15)22-18)28(4,25)26;1-10(2)17-16(19(24)25-3)15(11-4-6-12(20)7-5-11)13-8-9-14(23)21-18(13)22-17;1-11(2)17-16(19(23)24-3)15(12-6-8-13(20)9-7-12)14-5-4-10-21-18(14)22-17;1-8(3,4)7-9(2,5)6/h7-10,12H,5-6,11H2,1-4H3;4-7,10H,8-9H2,1-3H3,(H,21,22,23);6-9,11H,4-5,10H2,1-3H3,(H,21,22);1-2H3. The molecule has 0 saturated carbocycles. The lowest BCUT2D eigenvalue weighted by Gasteiger charge is -2.32. The van der Waals surface area contributed by atoms with Crippen molar-refractivity contribution in [3.63, 3.8) is 0 Å². The van der Waals surface area contributed by atoms with Crippen LogP contribution < -0.4 is 14.9 Å². The smallest absolute Gasteiger partial charge is 0.340 e. The number of carbonyl (C=O) groups excluding carboxylic acids is 4. The van der Waals surface area contributed by atoms with E-state index in [1.54, 1.807) is 36.4 Å². The molecule has 1 amide bonds. The Balaban J connectivity index is 0.000000193. The summed E-state index contributed by atoms with van der Waals surface area (Å²) in [4.78, 5) is 63.4. The molecule has 0 unspecified atom stereocenters. The number of amides is 1. The highest BCUT2D eigenvalue weighted by Gasteiger charge is 2.35. The van der Waals surface area contributed by atoms with Crippen molar-refractivity contribution in [2.75, 3.05) is 68.1 Å². The summed E-state index contributed by atoms with van der Waals surface area (Å²) in [6.07, 6.45) is 6.18. The molecule has 0 radical (unpaired) electrons. The summed E-state index contributed by atoms with van der Waals surface area (Å²) in [5.41, 5.74) is 9.46. The average Bonchev–Trinajstić information content (AvgIpc) is 1.02. The summed E-state index contributed by atoms with van der Waals surface area (Å²) in [7, 11) is -7.28. The van der Waals surface area contributed by atoms with Gasteiger partial charge in [-0.05, 0) is 103 Å². The predicted molar refractivity (Wildman–Crippen MR) is 320 cm³/mol. The van der Waals surface area contributed by atoms with Gasteiger partial charge in [0.05, 0.1) is 73.9 Å². The fraction of sp³-hybridized carbons (Fsp3) is 0.383. The van der Waals surface area contributed by atoms with Gasteiger partial charge in [-0.1, -0.05) is 77.9 Å². The van der Waals surface area contributed by atoms with E-state index in [1.165, 1.54) is 62.0 Å². The summed E-state index contributed by atoms with van der Waals surface area (Å²) in [5.74, 6) is -1.13. The Morgan fingerprint density at radius 2 is 0.872 bits per heavy atom. The van der Waals surface area contributed by atoms with Crippen LogP contribution in [0.2, 0.25) is 0 Å². The number of hydrogen-bond donors (Lipinski definition) is 2. The second-order valence-corrected chi connectivity index (χ2v) is 26.4. The van der Waals surface area contributed by atoms with Crippen molar-refractivity contribution < 1.29 is 75.4 Å². The number of anilines is 3. The molecule has 0 bridgehead atoms. The quantitative estimate of drug-likeness (QED) is 0.0851. The summed E-state index contributed by atoms with van der Waals surface area (Å²) in [6, 6.07) is 18.0. The van der Waals surface area contributed by atoms with Gasteiger partial charge in [0.25, 0.3) is 20.2 Å². The third-order valence-corrected chi connectivity index (χ3v) is 16.7. The molecule has 462 valence electrons. The number of nitrogens with zero attached hydrogens (tertiary/aromatic N) is 4. The van der Waals surface area contributed by atoms with Crippen LogP contribution in [0.1, 0.15) is 143 Å². The monoisotopic (exact) mass is 1250 g/mol. The van der Waals surface area contributed by atoms with E-state index in [-0.39, 0.29) is 35.3 Å². The average molecular weight is 1250 g/mol. The number of carbonyl (C=O) groups is 4. The number of sulfonamides is 1. The van der Waals surface area contributed by atoms with Crippen LogP contribution in [-0.2, 0) is 72.2 Å². The lowest BCUT2D eigenvalue weighted by molar-refractivity contribution is -0.116. The molecule has 86 heavy (non-hydrogen) atoms. The number of fused-ring (bicyclic) bond motifs is 3. The molecule has 3 aromatic heterocycles. The number of hydrogen-bond acceptors (Lipinski definition) is 18. The Morgan fingerprint density at radius 1 is 0.512 bits per heavy atom. The molecule has 0 spiro atoms. The van der Waals surface area contributed by atoms with Gasteiger partial charge in [-0.2, -0.15) is 16.8 Å². The summed E-state index contributed by atoms with van der Waals surface area (Å²) >= 11 is 0. The van der Waals surface area contributed by atoms with Crippen molar-refractivity contribution in [1.29, 1.82) is 0 Å². The van der Waals surface area contributed by atoms with Crippen LogP contribution in [0.15, 0.2) is 72.8 Å². The Bertz CT molecular complexity index is 3860. The molecule has 20 nitrogen and oxygen atoms in total. The molecule has 0 fully saturated rings. The molecule has 9 rings (SSSR count). The summed E-state index contributed by atoms with van der Waals surface area (Å²) in [6.45, 7) is 12.8. The molecule has 0 saturated heterocycles. The van der Waals surface area contributed by atoms with Crippen LogP contribution >= 0.6 is 0 Å². The zero-order valence-electron chi connectivity index (χ0n) is 49.7. The minimum absolute atomic E-state index is 0.0579. The van der Waals surface area contributed by atoms with Gasteiger partial charge in [-0.25, -0.2) is 50.9 Å². The van der Waals surface area contributed by atoms with E-state index in [0.717, 1.165) is 53.7 Å². The fourth-order valence-corrected chi connectivity index (χ4v) is 12.8. The van der Waals surface area contributed by atoms with Crippen LogP contribution in [-0.4, -0.2) is 117 Å². The maximum Gasteiger partial charge on any atom is 0.340 e. The first-order valence-corrected chi connectivity index (χ1v) is 32.6. The van der Waals surface area contributed by atoms with Gasteiger partial charge in [0.2, 0.25) is 15.9 Å². The zero-order valence-corrected chi connectivity index (χ0v) is 52.1. The molecule has 6 heterocycles. The van der Waals surface area contributed by atoms with E-state index in [2.05, 4.69) is 24.2 Å². The molecule has 3 aliphatic heterocycles. The van der Waals surface area contributed by atoms with E-state index >= 15 is 0 Å². The first-order chi connectivity index (χ1) is 40.3. The number of aromatic nitrogens is 3. The topological polar surface area (TPSA) is 274 Å². The van der Waals surface area contributed by atoms with Gasteiger partial charge >= 0.3 is 17.9 Å². The molecule has 3 aromatic carbocycles. The van der Waals surface area contributed by atoms with Crippen molar-refractivity contribution in [2.45, 2.75) is 97.8 Å². The van der Waals surface area contributed by atoms with Crippen LogP contribution in [0.5, 0.6) is 0 Å². The highest BCUT2D eigenvalue weighted by molar-refractivity contribution is 7.99. The highest BCUT2D eigenvalue weighted by atomic mass is 32.3. The van der Waals surface area contributed by atoms with E-state index in [4.69, 9.17) is 19.2 Å². The fourth-order valence-electron chi connectivity index (χ4n) is 10.0. The van der Waals surface area contributed by atoms with Crippen molar-refractivity contribution in [3.8, 4) is 33.4 Å². The van der Waals surface area contributed by atoms with Gasteiger partial charge in [0.15, 0.2) is 0 Å². The zero-order chi connectivity index (χ0) is 63.7. The van der Waals surface area contributed by atoms with Crippen LogP contribution in [0.3, 0.4) is 0 Å². The Kier molecular flexibility index (Phi) is 22.0.